The number of nitrogens with one attached hydrogen (secondary N) is 1. The lowest BCUT2D eigenvalue weighted by molar-refractivity contribution is 0.115. The van der Waals surface area contributed by atoms with Crippen molar-refractivity contribution in [1.29, 1.82) is 0 Å². The molecule has 0 amide bonds. The molecule has 1 atom stereocenters. The molecule has 0 spiro atoms. The minimum atomic E-state index is 0.187. The van der Waals surface area contributed by atoms with Crippen LogP contribution in [0, 0.1) is 5.41 Å². The summed E-state index contributed by atoms with van der Waals surface area (Å²) in [5.41, 5.74) is 0.502. The molecule has 0 bridgehead atoms. The lowest BCUT2D eigenvalue weighted by atomic mass is 9.85. The van der Waals surface area contributed by atoms with Gasteiger partial charge in [0.25, 0.3) is 0 Å². The lowest BCUT2D eigenvalue weighted by Gasteiger charge is -2.39. The number of hydrogen-bond acceptors (Lipinski definition) is 3. The predicted molar refractivity (Wildman–Crippen MR) is 96.0 cm³/mol. The Morgan fingerprint density at radius 1 is 1.24 bits per heavy atom. The first-order valence-electron chi connectivity index (χ1n) is 8.17. The summed E-state index contributed by atoms with van der Waals surface area (Å²) < 4.78 is 0. The summed E-state index contributed by atoms with van der Waals surface area (Å²) in [5, 5.41) is 5.87. The Morgan fingerprint density at radius 3 is 2.33 bits per heavy atom. The van der Waals surface area contributed by atoms with Crippen LogP contribution in [0.4, 0.5) is 0 Å². The predicted octanol–water partition coefficient (Wildman–Crippen LogP) is 4.76. The monoisotopic (exact) mass is 310 g/mol. The van der Waals surface area contributed by atoms with E-state index in [0.717, 1.165) is 19.6 Å². The molecule has 1 rings (SSSR count). The van der Waals surface area contributed by atoms with Crippen LogP contribution in [-0.4, -0.2) is 29.6 Å². The minimum absolute atomic E-state index is 0.187. The van der Waals surface area contributed by atoms with Gasteiger partial charge in [0, 0.05) is 36.1 Å². The molecule has 0 aliphatic heterocycles. The lowest BCUT2D eigenvalue weighted by Crippen LogP contribution is -2.48. The van der Waals surface area contributed by atoms with Crippen molar-refractivity contribution < 1.29 is 0 Å². The van der Waals surface area contributed by atoms with Crippen molar-refractivity contribution in [2.45, 2.75) is 73.0 Å². The van der Waals surface area contributed by atoms with Gasteiger partial charge in [-0.05, 0) is 57.9 Å². The molecule has 21 heavy (non-hydrogen) atoms. The first-order chi connectivity index (χ1) is 9.65. The fourth-order valence-corrected chi connectivity index (χ4v) is 3.01. The van der Waals surface area contributed by atoms with Gasteiger partial charge in [0.1, 0.15) is 0 Å². The van der Waals surface area contributed by atoms with Gasteiger partial charge in [-0.25, -0.2) is 0 Å². The molecule has 122 valence electrons. The molecule has 2 nitrogen and oxygen atoms in total. The summed E-state index contributed by atoms with van der Waals surface area (Å²) in [6, 6.07) is 4.97. The highest BCUT2D eigenvalue weighted by atomic mass is 32.1. The number of nitrogens with zero attached hydrogens (tertiary/aromatic N) is 1. The summed E-state index contributed by atoms with van der Waals surface area (Å²) in [5.74, 6) is 0. The number of rotatable bonds is 8. The molecule has 1 heterocycles. The molecule has 1 N–H and O–H groups in total. The maximum absolute atomic E-state index is 3.69. The SMILES string of the molecule is CCC(C)(CNC(C)(C)C)CN(Cc1cccs1)C(C)C. The van der Waals surface area contributed by atoms with Crippen LogP contribution in [0.25, 0.3) is 0 Å². The highest BCUT2D eigenvalue weighted by Crippen LogP contribution is 2.25. The second-order valence-electron chi connectivity index (χ2n) is 7.85. The Kier molecular flexibility index (Phi) is 6.89. The van der Waals surface area contributed by atoms with Crippen molar-refractivity contribution >= 4 is 11.3 Å². The van der Waals surface area contributed by atoms with E-state index in [9.17, 15) is 0 Å². The van der Waals surface area contributed by atoms with Crippen LogP contribution in [0.2, 0.25) is 0 Å². The van der Waals surface area contributed by atoms with Crippen LogP contribution >= 0.6 is 11.3 Å². The standard InChI is InChI=1S/C18H34N2S/c1-8-18(7,13-19-17(4,5)6)14-20(15(2)3)12-16-10-9-11-21-16/h9-11,15,19H,8,12-14H2,1-7H3. The smallest absolute Gasteiger partial charge is 0.0330 e. The summed E-state index contributed by atoms with van der Waals surface area (Å²) in [6.45, 7) is 19.4. The Balaban J connectivity index is 2.69. The zero-order valence-corrected chi connectivity index (χ0v) is 15.8. The second kappa shape index (κ2) is 7.75. The van der Waals surface area contributed by atoms with E-state index in [2.05, 4.69) is 76.2 Å². The van der Waals surface area contributed by atoms with Gasteiger partial charge in [-0.2, -0.15) is 0 Å². The van der Waals surface area contributed by atoms with Crippen molar-refractivity contribution in [2.75, 3.05) is 13.1 Å². The second-order valence-corrected chi connectivity index (χ2v) is 8.88. The van der Waals surface area contributed by atoms with Gasteiger partial charge in [-0.15, -0.1) is 11.3 Å². The topological polar surface area (TPSA) is 15.3 Å². The number of hydrogen-bond donors (Lipinski definition) is 1. The molecule has 0 saturated carbocycles. The first kappa shape index (κ1) is 18.7. The van der Waals surface area contributed by atoms with Crippen LogP contribution in [0.5, 0.6) is 0 Å². The van der Waals surface area contributed by atoms with E-state index in [1.54, 1.807) is 0 Å². The van der Waals surface area contributed by atoms with Gasteiger partial charge in [0.05, 0.1) is 0 Å². The van der Waals surface area contributed by atoms with E-state index < -0.39 is 0 Å². The minimum Gasteiger partial charge on any atom is -0.311 e. The van der Waals surface area contributed by atoms with Crippen LogP contribution in [0.1, 0.15) is 59.8 Å². The molecule has 0 radical (unpaired) electrons. The third kappa shape index (κ3) is 6.94. The van der Waals surface area contributed by atoms with Crippen molar-refractivity contribution in [3.8, 4) is 0 Å². The van der Waals surface area contributed by atoms with Crippen molar-refractivity contribution in [3.05, 3.63) is 22.4 Å². The van der Waals surface area contributed by atoms with E-state index in [-0.39, 0.29) is 5.54 Å². The zero-order chi connectivity index (χ0) is 16.1. The van der Waals surface area contributed by atoms with Gasteiger partial charge >= 0.3 is 0 Å². The zero-order valence-electron chi connectivity index (χ0n) is 15.0. The van der Waals surface area contributed by atoms with Crippen LogP contribution in [0.3, 0.4) is 0 Å². The molecule has 0 aliphatic carbocycles. The summed E-state index contributed by atoms with van der Waals surface area (Å²) in [7, 11) is 0. The number of thiophene rings is 1. The molecule has 0 saturated heterocycles. The van der Waals surface area contributed by atoms with Gasteiger partial charge in [-0.3, -0.25) is 4.90 Å². The van der Waals surface area contributed by atoms with Crippen LogP contribution in [0.15, 0.2) is 17.5 Å². The molecule has 1 unspecified atom stereocenters. The summed E-state index contributed by atoms with van der Waals surface area (Å²) >= 11 is 1.86. The van der Waals surface area contributed by atoms with E-state index in [0.29, 0.717) is 11.5 Å². The van der Waals surface area contributed by atoms with Crippen molar-refractivity contribution in [1.82, 2.24) is 10.2 Å². The van der Waals surface area contributed by atoms with E-state index in [1.807, 2.05) is 11.3 Å². The molecular weight excluding hydrogens is 276 g/mol. The Labute approximate surface area is 135 Å². The van der Waals surface area contributed by atoms with E-state index in [4.69, 9.17) is 0 Å². The highest BCUT2D eigenvalue weighted by molar-refractivity contribution is 7.09. The third-order valence-corrected chi connectivity index (χ3v) is 5.01. The fourth-order valence-electron chi connectivity index (χ4n) is 2.29. The fraction of sp³-hybridized carbons (Fsp3) is 0.778. The largest absolute Gasteiger partial charge is 0.311 e. The average Bonchev–Trinajstić information content (AvgIpc) is 2.88. The maximum Gasteiger partial charge on any atom is 0.0330 e. The highest BCUT2D eigenvalue weighted by Gasteiger charge is 2.28. The van der Waals surface area contributed by atoms with Crippen molar-refractivity contribution in [2.24, 2.45) is 5.41 Å². The van der Waals surface area contributed by atoms with Crippen LogP contribution in [-0.2, 0) is 6.54 Å². The average molecular weight is 311 g/mol. The summed E-state index contributed by atoms with van der Waals surface area (Å²) in [4.78, 5) is 4.07. The van der Waals surface area contributed by atoms with Gasteiger partial charge < -0.3 is 5.32 Å². The third-order valence-electron chi connectivity index (χ3n) is 4.15. The molecular formula is C18H34N2S. The molecule has 3 heteroatoms. The quantitative estimate of drug-likeness (QED) is 0.744. The molecule has 1 aromatic rings. The Bertz CT molecular complexity index is 392. The van der Waals surface area contributed by atoms with Crippen molar-refractivity contribution in [3.63, 3.8) is 0 Å². The normalized spacial score (nSPS) is 15.7. The van der Waals surface area contributed by atoms with Crippen LogP contribution < -0.4 is 5.32 Å². The van der Waals surface area contributed by atoms with Gasteiger partial charge in [-0.1, -0.05) is 19.9 Å². The molecule has 0 aliphatic rings. The Morgan fingerprint density at radius 2 is 1.90 bits per heavy atom. The molecule has 0 fully saturated rings. The first-order valence-corrected chi connectivity index (χ1v) is 9.05. The maximum atomic E-state index is 3.69. The summed E-state index contributed by atoms with van der Waals surface area (Å²) in [6.07, 6.45) is 1.20. The van der Waals surface area contributed by atoms with E-state index >= 15 is 0 Å². The van der Waals surface area contributed by atoms with Gasteiger partial charge in [0.2, 0.25) is 0 Å². The van der Waals surface area contributed by atoms with E-state index in [1.165, 1.54) is 11.3 Å². The molecule has 1 aromatic heterocycles. The Hall–Kier alpha value is -0.380. The molecule has 0 aromatic carbocycles. The van der Waals surface area contributed by atoms with Gasteiger partial charge in [0.15, 0.2) is 0 Å².